The molecule has 1 aromatic heterocycles. The van der Waals surface area contributed by atoms with E-state index in [-0.39, 0.29) is 29.2 Å². The molecule has 9 heteroatoms. The average Bonchev–Trinajstić information content (AvgIpc) is 3.09. The highest BCUT2D eigenvalue weighted by atomic mass is 32.2. The zero-order valence-electron chi connectivity index (χ0n) is 22.1. The van der Waals surface area contributed by atoms with Gasteiger partial charge < -0.3 is 9.64 Å². The molecule has 2 aliphatic heterocycles. The summed E-state index contributed by atoms with van der Waals surface area (Å²) in [5.74, 6) is 0.641. The first-order valence-corrected chi connectivity index (χ1v) is 14.3. The van der Waals surface area contributed by atoms with Gasteiger partial charge in [-0.25, -0.2) is 0 Å². The summed E-state index contributed by atoms with van der Waals surface area (Å²) in [7, 11) is 0. The van der Waals surface area contributed by atoms with Crippen molar-refractivity contribution in [1.29, 1.82) is 5.26 Å². The summed E-state index contributed by atoms with van der Waals surface area (Å²) >= 11 is 6.86. The van der Waals surface area contributed by atoms with E-state index < -0.39 is 0 Å². The predicted octanol–water partition coefficient (Wildman–Crippen LogP) is 5.22. The largest absolute Gasteiger partial charge is 0.372 e. The second-order valence-corrected chi connectivity index (χ2v) is 11.3. The van der Waals surface area contributed by atoms with Crippen molar-refractivity contribution in [2.45, 2.75) is 91.9 Å². The molecular formula is C27H38N4O3S2. The molecule has 0 spiro atoms. The number of anilines is 1. The van der Waals surface area contributed by atoms with Gasteiger partial charge in [-0.1, -0.05) is 63.0 Å². The molecule has 3 heterocycles. The van der Waals surface area contributed by atoms with Crippen LogP contribution in [-0.4, -0.2) is 51.5 Å². The fourth-order valence-corrected chi connectivity index (χ4v) is 6.29. The number of nitriles is 1. The van der Waals surface area contributed by atoms with Crippen LogP contribution >= 0.6 is 24.0 Å². The minimum atomic E-state index is -0.299. The maximum atomic E-state index is 13.3. The molecule has 2 unspecified atom stereocenters. The van der Waals surface area contributed by atoms with E-state index in [1.165, 1.54) is 37.4 Å². The standard InChI is InChI=1S/C27H38N4O3S2/c1-6-8-9-10-11-12-13-31-26(33)23(36-27(31)35)14-21-20(5)22(15-28)25(32)30(7-2)24(21)29-16-18(3)34-19(4)17-29/h14,18-19H,6-13,16-17H2,1-5H3/b23-14+. The fraction of sp³-hybridized carbons (Fsp3) is 0.630. The number of carbonyl (C=O) groups excluding carboxylic acids is 1. The second kappa shape index (κ2) is 12.9. The van der Waals surface area contributed by atoms with Gasteiger partial charge in [0.25, 0.3) is 11.5 Å². The predicted molar refractivity (Wildman–Crippen MR) is 151 cm³/mol. The van der Waals surface area contributed by atoms with Gasteiger partial charge in [0.15, 0.2) is 0 Å². The Morgan fingerprint density at radius 3 is 2.36 bits per heavy atom. The third kappa shape index (κ3) is 6.21. The molecule has 2 fully saturated rings. The monoisotopic (exact) mass is 530 g/mol. The van der Waals surface area contributed by atoms with E-state index in [4.69, 9.17) is 17.0 Å². The summed E-state index contributed by atoms with van der Waals surface area (Å²) in [5, 5.41) is 9.78. The highest BCUT2D eigenvalue weighted by Gasteiger charge is 2.34. The number of thioether (sulfide) groups is 1. The summed E-state index contributed by atoms with van der Waals surface area (Å²) in [6.45, 7) is 12.2. The lowest BCUT2D eigenvalue weighted by atomic mass is 10.0. The zero-order chi connectivity index (χ0) is 26.4. The number of amides is 1. The fourth-order valence-electron chi connectivity index (χ4n) is 5.00. The molecule has 36 heavy (non-hydrogen) atoms. The lowest BCUT2D eigenvalue weighted by Crippen LogP contribution is -2.48. The Labute approximate surface area is 224 Å². The Balaban J connectivity index is 1.98. The Hall–Kier alpha value is -2.15. The number of carbonyl (C=O) groups is 1. The lowest BCUT2D eigenvalue weighted by Gasteiger charge is -2.39. The molecule has 0 aromatic carbocycles. The van der Waals surface area contributed by atoms with Crippen LogP contribution in [0.3, 0.4) is 0 Å². The quantitative estimate of drug-likeness (QED) is 0.233. The first kappa shape index (κ1) is 28.4. The molecule has 0 radical (unpaired) electrons. The SMILES string of the molecule is CCCCCCCCN1C(=O)/C(=C\c2c(C)c(C#N)c(=O)n(CC)c2N2CC(C)OC(C)C2)SC1=S. The van der Waals surface area contributed by atoms with Crippen LogP contribution in [-0.2, 0) is 16.1 Å². The molecule has 7 nitrogen and oxygen atoms in total. The van der Waals surface area contributed by atoms with Gasteiger partial charge in [0.2, 0.25) is 0 Å². The number of nitrogens with zero attached hydrogens (tertiary/aromatic N) is 4. The van der Waals surface area contributed by atoms with E-state index in [1.54, 1.807) is 16.4 Å². The summed E-state index contributed by atoms with van der Waals surface area (Å²) in [5.41, 5.74) is 1.14. The first-order valence-electron chi connectivity index (χ1n) is 13.1. The van der Waals surface area contributed by atoms with E-state index in [9.17, 15) is 14.9 Å². The smallest absolute Gasteiger partial charge is 0.270 e. The van der Waals surface area contributed by atoms with Gasteiger partial charge in [-0.05, 0) is 45.8 Å². The van der Waals surface area contributed by atoms with Crippen LogP contribution in [0.15, 0.2) is 9.70 Å². The maximum absolute atomic E-state index is 13.3. The van der Waals surface area contributed by atoms with Crippen molar-refractivity contribution < 1.29 is 9.53 Å². The van der Waals surface area contributed by atoms with Gasteiger partial charge in [0.05, 0.1) is 17.1 Å². The zero-order valence-corrected chi connectivity index (χ0v) is 23.8. The van der Waals surface area contributed by atoms with Gasteiger partial charge >= 0.3 is 0 Å². The third-order valence-corrected chi connectivity index (χ3v) is 8.14. The number of morpholine rings is 1. The second-order valence-electron chi connectivity index (χ2n) is 9.66. The highest BCUT2D eigenvalue weighted by molar-refractivity contribution is 8.26. The van der Waals surface area contributed by atoms with Crippen LogP contribution < -0.4 is 10.5 Å². The number of pyridine rings is 1. The molecule has 3 rings (SSSR count). The molecule has 2 aliphatic rings. The van der Waals surface area contributed by atoms with Crippen molar-refractivity contribution in [3.8, 4) is 6.07 Å². The Morgan fingerprint density at radius 1 is 1.11 bits per heavy atom. The number of hydrogen-bond donors (Lipinski definition) is 0. The van der Waals surface area contributed by atoms with E-state index in [1.807, 2.05) is 26.8 Å². The number of aromatic nitrogens is 1. The van der Waals surface area contributed by atoms with Crippen LogP contribution in [0, 0.1) is 18.3 Å². The Bertz CT molecular complexity index is 1110. The first-order chi connectivity index (χ1) is 17.2. The van der Waals surface area contributed by atoms with Gasteiger partial charge in [-0.2, -0.15) is 5.26 Å². The van der Waals surface area contributed by atoms with Crippen LogP contribution in [0.4, 0.5) is 5.82 Å². The van der Waals surface area contributed by atoms with E-state index in [2.05, 4.69) is 17.9 Å². The molecule has 0 N–H and O–H groups in total. The number of ether oxygens (including phenoxy) is 1. The van der Waals surface area contributed by atoms with Crippen molar-refractivity contribution in [3.63, 3.8) is 0 Å². The highest BCUT2D eigenvalue weighted by Crippen LogP contribution is 2.36. The minimum absolute atomic E-state index is 0.00602. The van der Waals surface area contributed by atoms with Gasteiger partial charge in [-0.3, -0.25) is 19.1 Å². The maximum Gasteiger partial charge on any atom is 0.270 e. The molecule has 196 valence electrons. The van der Waals surface area contributed by atoms with Crippen LogP contribution in [0.5, 0.6) is 0 Å². The van der Waals surface area contributed by atoms with Gasteiger partial charge in [0.1, 0.15) is 21.8 Å². The molecule has 0 aliphatic carbocycles. The molecule has 1 amide bonds. The average molecular weight is 531 g/mol. The number of hydrogen-bond acceptors (Lipinski definition) is 7. The van der Waals surface area contributed by atoms with Crippen molar-refractivity contribution in [1.82, 2.24) is 9.47 Å². The Morgan fingerprint density at radius 2 is 1.75 bits per heavy atom. The molecular weight excluding hydrogens is 492 g/mol. The van der Waals surface area contributed by atoms with Crippen molar-refractivity contribution in [2.75, 3.05) is 24.5 Å². The van der Waals surface area contributed by atoms with Crippen LogP contribution in [0.25, 0.3) is 6.08 Å². The number of thiocarbonyl (C=S) groups is 1. The number of unbranched alkanes of at least 4 members (excludes halogenated alkanes) is 5. The van der Waals surface area contributed by atoms with Crippen LogP contribution in [0.1, 0.15) is 82.9 Å². The van der Waals surface area contributed by atoms with Crippen molar-refractivity contribution >= 4 is 46.1 Å². The lowest BCUT2D eigenvalue weighted by molar-refractivity contribution is -0.122. The summed E-state index contributed by atoms with van der Waals surface area (Å²) < 4.78 is 8.14. The van der Waals surface area contributed by atoms with E-state index >= 15 is 0 Å². The van der Waals surface area contributed by atoms with Crippen LogP contribution in [0.2, 0.25) is 0 Å². The molecule has 0 bridgehead atoms. The molecule has 1 aromatic rings. The number of rotatable bonds is 10. The molecule has 0 saturated carbocycles. The van der Waals surface area contributed by atoms with Crippen molar-refractivity contribution in [3.05, 3.63) is 31.9 Å². The third-order valence-electron chi connectivity index (χ3n) is 6.77. The van der Waals surface area contributed by atoms with E-state index in [0.717, 1.165) is 24.2 Å². The van der Waals surface area contributed by atoms with Crippen molar-refractivity contribution in [2.24, 2.45) is 0 Å². The summed E-state index contributed by atoms with van der Waals surface area (Å²) in [6, 6.07) is 2.10. The summed E-state index contributed by atoms with van der Waals surface area (Å²) in [4.78, 5) is 30.9. The molecule has 2 saturated heterocycles. The Kier molecular flexibility index (Phi) is 10.2. The molecule has 2 atom stereocenters. The minimum Gasteiger partial charge on any atom is -0.372 e. The normalized spacial score (nSPS) is 21.5. The van der Waals surface area contributed by atoms with Gasteiger partial charge in [-0.15, -0.1) is 0 Å². The topological polar surface area (TPSA) is 78.6 Å². The van der Waals surface area contributed by atoms with E-state index in [0.29, 0.717) is 41.0 Å². The summed E-state index contributed by atoms with van der Waals surface area (Å²) in [6.07, 6.45) is 8.69. The van der Waals surface area contributed by atoms with Gasteiger partial charge in [0, 0.05) is 31.7 Å².